The lowest BCUT2D eigenvalue weighted by atomic mass is 9.95. The summed E-state index contributed by atoms with van der Waals surface area (Å²) >= 11 is 3.36. The number of hydrogen-bond donors (Lipinski definition) is 2. The molecule has 0 radical (unpaired) electrons. The van der Waals surface area contributed by atoms with Crippen LogP contribution in [0.15, 0.2) is 22.7 Å². The predicted octanol–water partition coefficient (Wildman–Crippen LogP) is 2.96. The second-order valence-electron chi connectivity index (χ2n) is 4.95. The van der Waals surface area contributed by atoms with Crippen LogP contribution in [0.5, 0.6) is 5.75 Å². The van der Waals surface area contributed by atoms with Crippen LogP contribution in [-0.4, -0.2) is 17.7 Å². The third kappa shape index (κ3) is 3.71. The summed E-state index contributed by atoms with van der Waals surface area (Å²) < 4.78 is 6.48. The number of ether oxygens (including phenoxy) is 1. The lowest BCUT2D eigenvalue weighted by molar-refractivity contribution is -0.148. The second-order valence-corrected chi connectivity index (χ2v) is 5.86. The lowest BCUT2D eigenvalue weighted by Gasteiger charge is -2.21. The van der Waals surface area contributed by atoms with E-state index in [4.69, 9.17) is 15.6 Å². The Balaban J connectivity index is 2.90. The molecule has 0 saturated carbocycles. The molecule has 18 heavy (non-hydrogen) atoms. The summed E-state index contributed by atoms with van der Waals surface area (Å²) in [6.07, 6.45) is 0. The van der Waals surface area contributed by atoms with Gasteiger partial charge in [0.2, 0.25) is 0 Å². The van der Waals surface area contributed by atoms with Crippen molar-refractivity contribution in [1.29, 1.82) is 0 Å². The fraction of sp³-hybridized carbons (Fsp3) is 0.462. The Kier molecular flexibility index (Phi) is 4.76. The molecule has 100 valence electrons. The van der Waals surface area contributed by atoms with Crippen molar-refractivity contribution in [3.8, 4) is 5.75 Å². The van der Waals surface area contributed by atoms with Crippen molar-refractivity contribution in [1.82, 2.24) is 0 Å². The Morgan fingerprint density at radius 1 is 1.56 bits per heavy atom. The highest BCUT2D eigenvalue weighted by molar-refractivity contribution is 9.10. The first-order chi connectivity index (χ1) is 8.24. The molecule has 0 amide bonds. The summed E-state index contributed by atoms with van der Waals surface area (Å²) in [7, 11) is 0. The molecule has 1 rings (SSSR count). The van der Waals surface area contributed by atoms with E-state index in [2.05, 4.69) is 15.9 Å². The van der Waals surface area contributed by atoms with Crippen LogP contribution in [0.25, 0.3) is 0 Å². The van der Waals surface area contributed by atoms with Crippen molar-refractivity contribution in [3.05, 3.63) is 28.2 Å². The van der Waals surface area contributed by atoms with Gasteiger partial charge in [-0.05, 0) is 32.9 Å². The molecule has 0 bridgehead atoms. The molecule has 0 heterocycles. The smallest absolute Gasteiger partial charge is 0.312 e. The molecule has 3 N–H and O–H groups in total. The van der Waals surface area contributed by atoms with Crippen molar-refractivity contribution >= 4 is 21.9 Å². The topological polar surface area (TPSA) is 72.5 Å². The minimum absolute atomic E-state index is 0.0957. The third-order valence-corrected chi connectivity index (χ3v) is 3.13. The van der Waals surface area contributed by atoms with Crippen molar-refractivity contribution < 1.29 is 14.6 Å². The van der Waals surface area contributed by atoms with E-state index in [1.54, 1.807) is 19.9 Å². The number of halogens is 1. The van der Waals surface area contributed by atoms with Gasteiger partial charge in [0, 0.05) is 16.1 Å². The van der Waals surface area contributed by atoms with Gasteiger partial charge in [-0.1, -0.05) is 22.0 Å². The largest absolute Gasteiger partial charge is 0.492 e. The van der Waals surface area contributed by atoms with Crippen molar-refractivity contribution in [2.75, 3.05) is 6.61 Å². The van der Waals surface area contributed by atoms with Gasteiger partial charge in [0.25, 0.3) is 0 Å². The normalized spacial score (nSPS) is 13.2. The average Bonchev–Trinajstić information content (AvgIpc) is 2.26. The molecule has 0 spiro atoms. The van der Waals surface area contributed by atoms with E-state index >= 15 is 0 Å². The molecule has 1 atom stereocenters. The number of rotatable bonds is 5. The molecule has 4 nitrogen and oxygen atoms in total. The highest BCUT2D eigenvalue weighted by Crippen LogP contribution is 2.29. The van der Waals surface area contributed by atoms with E-state index in [9.17, 15) is 4.79 Å². The van der Waals surface area contributed by atoms with E-state index in [0.29, 0.717) is 5.75 Å². The zero-order valence-corrected chi connectivity index (χ0v) is 12.3. The third-order valence-electron chi connectivity index (χ3n) is 2.63. The Labute approximate surface area is 115 Å². The van der Waals surface area contributed by atoms with Crippen LogP contribution in [0, 0.1) is 5.41 Å². The molecule has 0 saturated heterocycles. The minimum atomic E-state index is -0.933. The number of nitrogens with two attached hydrogens (primary N) is 1. The lowest BCUT2D eigenvalue weighted by Crippen LogP contribution is -2.31. The van der Waals surface area contributed by atoms with E-state index in [1.807, 2.05) is 19.1 Å². The molecule has 1 unspecified atom stereocenters. The van der Waals surface area contributed by atoms with Gasteiger partial charge in [0.15, 0.2) is 0 Å². The number of carboxylic acid groups (broad SMARTS) is 1. The van der Waals surface area contributed by atoms with Gasteiger partial charge in [-0.3, -0.25) is 4.79 Å². The number of carboxylic acids is 1. The number of hydrogen-bond acceptors (Lipinski definition) is 3. The highest BCUT2D eigenvalue weighted by atomic mass is 79.9. The maximum absolute atomic E-state index is 11.0. The molecule has 0 fully saturated rings. The van der Waals surface area contributed by atoms with Crippen LogP contribution in [0.2, 0.25) is 0 Å². The maximum atomic E-state index is 11.0. The van der Waals surface area contributed by atoms with E-state index in [1.165, 1.54) is 0 Å². The summed E-state index contributed by atoms with van der Waals surface area (Å²) in [6.45, 7) is 5.20. The monoisotopic (exact) mass is 315 g/mol. The summed E-state index contributed by atoms with van der Waals surface area (Å²) in [6, 6.07) is 5.39. The van der Waals surface area contributed by atoms with Crippen LogP contribution in [0.3, 0.4) is 0 Å². The summed E-state index contributed by atoms with van der Waals surface area (Å²) in [4.78, 5) is 11.0. The second kappa shape index (κ2) is 5.71. The van der Waals surface area contributed by atoms with Gasteiger partial charge in [-0.15, -0.1) is 0 Å². The number of benzene rings is 1. The number of aliphatic carboxylic acids is 1. The van der Waals surface area contributed by atoms with Crippen LogP contribution >= 0.6 is 15.9 Å². The minimum Gasteiger partial charge on any atom is -0.492 e. The molecule has 5 heteroatoms. The molecule has 0 aliphatic rings. The fourth-order valence-corrected chi connectivity index (χ4v) is 1.67. The van der Waals surface area contributed by atoms with Gasteiger partial charge in [-0.25, -0.2) is 0 Å². The Hall–Kier alpha value is -1.07. The highest BCUT2D eigenvalue weighted by Gasteiger charge is 2.28. The summed E-state index contributed by atoms with van der Waals surface area (Å²) in [5.74, 6) is -0.270. The van der Waals surface area contributed by atoms with Crippen LogP contribution in [0.1, 0.15) is 32.4 Å². The zero-order chi connectivity index (χ0) is 13.9. The Bertz CT molecular complexity index is 444. The summed E-state index contributed by atoms with van der Waals surface area (Å²) in [5.41, 5.74) is 5.78. The first-order valence-electron chi connectivity index (χ1n) is 5.65. The molecule has 1 aromatic carbocycles. The van der Waals surface area contributed by atoms with Crippen molar-refractivity contribution in [3.63, 3.8) is 0 Å². The van der Waals surface area contributed by atoms with E-state index < -0.39 is 11.4 Å². The van der Waals surface area contributed by atoms with Gasteiger partial charge in [0.1, 0.15) is 12.4 Å². The molecule has 0 aromatic heterocycles. The fourth-order valence-electron chi connectivity index (χ4n) is 1.33. The first-order valence-corrected chi connectivity index (χ1v) is 6.44. The molecular formula is C13H18BrNO3. The van der Waals surface area contributed by atoms with E-state index in [0.717, 1.165) is 10.0 Å². The number of carbonyl (C=O) groups is 1. The molecular weight excluding hydrogens is 298 g/mol. The maximum Gasteiger partial charge on any atom is 0.312 e. The molecule has 0 aliphatic carbocycles. The predicted molar refractivity (Wildman–Crippen MR) is 73.7 cm³/mol. The quantitative estimate of drug-likeness (QED) is 0.876. The van der Waals surface area contributed by atoms with Crippen LogP contribution in [-0.2, 0) is 4.79 Å². The van der Waals surface area contributed by atoms with Gasteiger partial charge >= 0.3 is 5.97 Å². The van der Waals surface area contributed by atoms with Gasteiger partial charge < -0.3 is 15.6 Å². The molecule has 0 aliphatic heterocycles. The Morgan fingerprint density at radius 3 is 2.67 bits per heavy atom. The Morgan fingerprint density at radius 2 is 2.17 bits per heavy atom. The standard InChI is InChI=1S/C13H18BrNO3/c1-8(15)10-5-4-9(14)6-11(10)18-7-13(2,3)12(16)17/h4-6,8H,7,15H2,1-3H3,(H,16,17). The van der Waals surface area contributed by atoms with Crippen LogP contribution < -0.4 is 10.5 Å². The first kappa shape index (κ1) is 15.0. The summed E-state index contributed by atoms with van der Waals surface area (Å²) in [5, 5.41) is 9.04. The van der Waals surface area contributed by atoms with Crippen molar-refractivity contribution in [2.24, 2.45) is 11.1 Å². The van der Waals surface area contributed by atoms with E-state index in [-0.39, 0.29) is 12.6 Å². The van der Waals surface area contributed by atoms with Gasteiger partial charge in [-0.2, -0.15) is 0 Å². The molecule has 1 aromatic rings. The average molecular weight is 316 g/mol. The van der Waals surface area contributed by atoms with Crippen molar-refractivity contribution in [2.45, 2.75) is 26.8 Å². The SMILES string of the molecule is CC(N)c1ccc(Br)cc1OCC(C)(C)C(=O)O. The van der Waals surface area contributed by atoms with Crippen LogP contribution in [0.4, 0.5) is 0 Å². The van der Waals surface area contributed by atoms with Gasteiger partial charge in [0.05, 0.1) is 5.41 Å². The zero-order valence-electron chi connectivity index (χ0n) is 10.7.